The van der Waals surface area contributed by atoms with E-state index < -0.39 is 40.3 Å². The minimum Gasteiger partial charge on any atom is -0.481 e. The molecule has 2 unspecified atom stereocenters. The van der Waals surface area contributed by atoms with Crippen molar-refractivity contribution < 1.29 is 23.1 Å². The summed E-state index contributed by atoms with van der Waals surface area (Å²) in [6, 6.07) is -1.81. The second kappa shape index (κ2) is 7.31. The van der Waals surface area contributed by atoms with Crippen LogP contribution in [0, 0.1) is 12.3 Å². The molecule has 0 aromatic rings. The second-order valence-corrected chi connectivity index (χ2v) is 7.25. The molecular formula is C13H20N2O5S. The summed E-state index contributed by atoms with van der Waals surface area (Å²) in [7, 11) is -3.31. The van der Waals surface area contributed by atoms with Gasteiger partial charge in [0.25, 0.3) is 0 Å². The van der Waals surface area contributed by atoms with Crippen LogP contribution in [0.5, 0.6) is 0 Å². The Morgan fingerprint density at radius 2 is 2.19 bits per heavy atom. The summed E-state index contributed by atoms with van der Waals surface area (Å²) >= 11 is 0. The lowest BCUT2D eigenvalue weighted by molar-refractivity contribution is -0.138. The number of aliphatic carboxylic acids is 1. The maximum atomic E-state index is 12.2. The Labute approximate surface area is 124 Å². The van der Waals surface area contributed by atoms with E-state index in [9.17, 15) is 18.0 Å². The molecular weight excluding hydrogens is 296 g/mol. The van der Waals surface area contributed by atoms with Gasteiger partial charge in [0.15, 0.2) is 9.84 Å². The average Bonchev–Trinajstić information content (AvgIpc) is 2.36. The van der Waals surface area contributed by atoms with Crippen molar-refractivity contribution in [2.75, 3.05) is 18.1 Å². The fourth-order valence-corrected chi connectivity index (χ4v) is 3.77. The fourth-order valence-electron chi connectivity index (χ4n) is 2.24. The zero-order valence-corrected chi connectivity index (χ0v) is 12.7. The highest BCUT2D eigenvalue weighted by Gasteiger charge is 2.35. The molecule has 8 heteroatoms. The third-order valence-corrected chi connectivity index (χ3v) is 4.97. The number of nitrogens with one attached hydrogen (secondary N) is 1. The van der Waals surface area contributed by atoms with E-state index in [1.165, 1.54) is 4.90 Å². The number of carbonyl (C=O) groups is 2. The van der Waals surface area contributed by atoms with E-state index in [0.717, 1.165) is 6.42 Å². The molecule has 1 fully saturated rings. The quantitative estimate of drug-likeness (QED) is 0.699. The fraction of sp³-hybridized carbons (Fsp3) is 0.692. The first-order chi connectivity index (χ1) is 9.79. The molecule has 1 aliphatic heterocycles. The van der Waals surface area contributed by atoms with Gasteiger partial charge < -0.3 is 15.3 Å². The third kappa shape index (κ3) is 5.27. The zero-order valence-electron chi connectivity index (χ0n) is 11.9. The van der Waals surface area contributed by atoms with Crippen LogP contribution in [0.3, 0.4) is 0 Å². The molecule has 21 heavy (non-hydrogen) atoms. The molecule has 0 bridgehead atoms. The Balaban J connectivity index is 2.80. The molecule has 1 saturated heterocycles. The summed E-state index contributed by atoms with van der Waals surface area (Å²) in [5, 5.41) is 11.5. The molecule has 7 nitrogen and oxygen atoms in total. The smallest absolute Gasteiger partial charge is 0.318 e. The Morgan fingerprint density at radius 3 is 2.71 bits per heavy atom. The van der Waals surface area contributed by atoms with Crippen LogP contribution in [-0.2, 0) is 14.6 Å². The minimum atomic E-state index is -3.31. The van der Waals surface area contributed by atoms with E-state index in [0.29, 0.717) is 6.42 Å². The molecule has 0 radical (unpaired) electrons. The minimum absolute atomic E-state index is 0.0183. The van der Waals surface area contributed by atoms with E-state index in [1.807, 2.05) is 6.92 Å². The van der Waals surface area contributed by atoms with Crippen molar-refractivity contribution in [3.05, 3.63) is 0 Å². The van der Waals surface area contributed by atoms with E-state index in [1.54, 1.807) is 0 Å². The van der Waals surface area contributed by atoms with Crippen LogP contribution in [0.4, 0.5) is 4.79 Å². The number of carboxylic acid groups (broad SMARTS) is 1. The molecule has 1 aliphatic rings. The Bertz CT molecular complexity index is 537. The van der Waals surface area contributed by atoms with Crippen molar-refractivity contribution in [3.63, 3.8) is 0 Å². The van der Waals surface area contributed by atoms with Gasteiger partial charge in [-0.05, 0) is 6.42 Å². The molecule has 2 amide bonds. The molecule has 0 aromatic heterocycles. The van der Waals surface area contributed by atoms with Crippen LogP contribution in [0.25, 0.3) is 0 Å². The third-order valence-electron chi connectivity index (χ3n) is 3.28. The first-order valence-electron chi connectivity index (χ1n) is 6.74. The van der Waals surface area contributed by atoms with E-state index in [-0.39, 0.29) is 18.1 Å². The maximum Gasteiger partial charge on any atom is 0.318 e. The number of carbonyl (C=O) groups excluding carboxylic acids is 1. The molecule has 2 N–H and O–H groups in total. The molecule has 0 spiro atoms. The number of sulfone groups is 1. The summed E-state index contributed by atoms with van der Waals surface area (Å²) < 4.78 is 23.2. The lowest BCUT2D eigenvalue weighted by Gasteiger charge is -2.35. The number of hydrogen-bond donors (Lipinski definition) is 2. The monoisotopic (exact) mass is 316 g/mol. The maximum absolute atomic E-state index is 12.2. The second-order valence-electron chi connectivity index (χ2n) is 5.02. The van der Waals surface area contributed by atoms with Crippen molar-refractivity contribution in [2.45, 2.75) is 38.3 Å². The van der Waals surface area contributed by atoms with Gasteiger partial charge in [0.2, 0.25) is 0 Å². The molecule has 1 rings (SSSR count). The SMILES string of the molecule is C#CC(CCC)NC(=O)N1CCS(=O)(=O)CC1CC(=O)O. The van der Waals surface area contributed by atoms with Gasteiger partial charge in [0.1, 0.15) is 0 Å². The standard InChI is InChI=1S/C13H20N2O5S/c1-3-5-10(4-2)14-13(18)15-6-7-21(19,20)9-11(15)8-12(16)17/h2,10-11H,3,5-9H2,1H3,(H,14,18)(H,16,17). The number of nitrogens with zero attached hydrogens (tertiary/aromatic N) is 1. The van der Waals surface area contributed by atoms with E-state index in [2.05, 4.69) is 11.2 Å². The number of hydrogen-bond acceptors (Lipinski definition) is 4. The molecule has 1 heterocycles. The van der Waals surface area contributed by atoms with Crippen LogP contribution in [0.2, 0.25) is 0 Å². The predicted octanol–water partition coefficient (Wildman–Crippen LogP) is 0.0716. The molecule has 0 aliphatic carbocycles. The van der Waals surface area contributed by atoms with Gasteiger partial charge in [-0.25, -0.2) is 13.2 Å². The van der Waals surface area contributed by atoms with Gasteiger partial charge in [-0.1, -0.05) is 19.3 Å². The molecule has 0 saturated carbocycles. The predicted molar refractivity (Wildman–Crippen MR) is 77.5 cm³/mol. The van der Waals surface area contributed by atoms with Gasteiger partial charge in [-0.3, -0.25) is 4.79 Å². The van der Waals surface area contributed by atoms with Crippen molar-refractivity contribution >= 4 is 21.8 Å². The number of carboxylic acids is 1. The molecule has 118 valence electrons. The van der Waals surface area contributed by atoms with Crippen molar-refractivity contribution in [1.29, 1.82) is 0 Å². The Kier molecular flexibility index (Phi) is 6.03. The summed E-state index contributed by atoms with van der Waals surface area (Å²) in [6.07, 6.45) is 6.32. The van der Waals surface area contributed by atoms with Gasteiger partial charge in [-0.15, -0.1) is 6.42 Å². The summed E-state index contributed by atoms with van der Waals surface area (Å²) in [4.78, 5) is 24.3. The van der Waals surface area contributed by atoms with Gasteiger partial charge >= 0.3 is 12.0 Å². The topological polar surface area (TPSA) is 104 Å². The van der Waals surface area contributed by atoms with Crippen LogP contribution >= 0.6 is 0 Å². The van der Waals surface area contributed by atoms with Crippen molar-refractivity contribution in [3.8, 4) is 12.3 Å². The van der Waals surface area contributed by atoms with Crippen LogP contribution < -0.4 is 5.32 Å². The van der Waals surface area contributed by atoms with E-state index >= 15 is 0 Å². The first-order valence-corrected chi connectivity index (χ1v) is 8.56. The van der Waals surface area contributed by atoms with Crippen LogP contribution in [-0.4, -0.2) is 60.6 Å². The van der Waals surface area contributed by atoms with E-state index in [4.69, 9.17) is 11.5 Å². The Morgan fingerprint density at radius 1 is 1.52 bits per heavy atom. The first kappa shape index (κ1) is 17.3. The lowest BCUT2D eigenvalue weighted by Crippen LogP contribution is -2.56. The highest BCUT2D eigenvalue weighted by molar-refractivity contribution is 7.91. The summed E-state index contributed by atoms with van der Waals surface area (Å²) in [5.74, 6) is 0.816. The molecule has 2 atom stereocenters. The molecule has 0 aromatic carbocycles. The summed E-state index contributed by atoms with van der Waals surface area (Å²) in [5.41, 5.74) is 0. The number of amides is 2. The van der Waals surface area contributed by atoms with Crippen LogP contribution in [0.15, 0.2) is 0 Å². The summed E-state index contributed by atoms with van der Waals surface area (Å²) in [6.45, 7) is 1.91. The average molecular weight is 316 g/mol. The Hall–Kier alpha value is -1.75. The number of urea groups is 1. The van der Waals surface area contributed by atoms with Crippen molar-refractivity contribution in [2.24, 2.45) is 0 Å². The number of terminal acetylenes is 1. The van der Waals surface area contributed by atoms with Crippen LogP contribution in [0.1, 0.15) is 26.2 Å². The normalized spacial score (nSPS) is 22.1. The van der Waals surface area contributed by atoms with Gasteiger partial charge in [0, 0.05) is 6.54 Å². The lowest BCUT2D eigenvalue weighted by atomic mass is 10.1. The van der Waals surface area contributed by atoms with Crippen molar-refractivity contribution in [1.82, 2.24) is 10.2 Å². The zero-order chi connectivity index (χ0) is 16.0. The highest BCUT2D eigenvalue weighted by Crippen LogP contribution is 2.15. The number of rotatable bonds is 5. The van der Waals surface area contributed by atoms with Gasteiger partial charge in [-0.2, -0.15) is 0 Å². The van der Waals surface area contributed by atoms with Gasteiger partial charge in [0.05, 0.1) is 30.0 Å². The highest BCUT2D eigenvalue weighted by atomic mass is 32.2. The largest absolute Gasteiger partial charge is 0.481 e.